The van der Waals surface area contributed by atoms with E-state index < -0.39 is 22.0 Å². The standard InChI is InChI=1S/C18H20ClNO6S/c1-11(14-10-13(24-2)6-8-16(14)25-3)20-27(22,23)17-9-12(18(21)26-4)5-7-15(17)19/h5-11,20H,1-4H3/t11-/m1/s1. The highest BCUT2D eigenvalue weighted by Crippen LogP contribution is 2.31. The van der Waals surface area contributed by atoms with Crippen LogP contribution in [0.4, 0.5) is 0 Å². The van der Waals surface area contributed by atoms with Gasteiger partial charge in [0, 0.05) is 11.6 Å². The molecule has 0 radical (unpaired) electrons. The molecule has 146 valence electrons. The lowest BCUT2D eigenvalue weighted by atomic mass is 10.1. The second-order valence-electron chi connectivity index (χ2n) is 5.59. The van der Waals surface area contributed by atoms with Crippen molar-refractivity contribution in [1.82, 2.24) is 4.72 Å². The van der Waals surface area contributed by atoms with Crippen LogP contribution in [-0.4, -0.2) is 35.7 Å². The lowest BCUT2D eigenvalue weighted by Crippen LogP contribution is -2.27. The number of rotatable bonds is 7. The monoisotopic (exact) mass is 413 g/mol. The van der Waals surface area contributed by atoms with Crippen molar-refractivity contribution in [3.8, 4) is 11.5 Å². The number of sulfonamides is 1. The molecule has 0 fully saturated rings. The Morgan fingerprint density at radius 1 is 1.07 bits per heavy atom. The molecule has 0 saturated heterocycles. The third-order valence-corrected chi connectivity index (χ3v) is 5.90. The third kappa shape index (κ3) is 4.71. The molecule has 0 unspecified atom stereocenters. The van der Waals surface area contributed by atoms with E-state index in [9.17, 15) is 13.2 Å². The fourth-order valence-electron chi connectivity index (χ4n) is 2.49. The van der Waals surface area contributed by atoms with Gasteiger partial charge in [-0.15, -0.1) is 0 Å². The van der Waals surface area contributed by atoms with Crippen LogP contribution < -0.4 is 14.2 Å². The number of halogens is 1. The summed E-state index contributed by atoms with van der Waals surface area (Å²) >= 11 is 6.05. The van der Waals surface area contributed by atoms with Gasteiger partial charge in [-0.3, -0.25) is 0 Å². The fraction of sp³-hybridized carbons (Fsp3) is 0.278. The molecule has 0 aromatic heterocycles. The molecule has 2 aromatic carbocycles. The number of esters is 1. The molecular weight excluding hydrogens is 394 g/mol. The maximum atomic E-state index is 12.8. The normalized spacial score (nSPS) is 12.3. The van der Waals surface area contributed by atoms with Crippen molar-refractivity contribution in [3.63, 3.8) is 0 Å². The number of methoxy groups -OCH3 is 3. The Morgan fingerprint density at radius 3 is 2.37 bits per heavy atom. The van der Waals surface area contributed by atoms with E-state index in [2.05, 4.69) is 9.46 Å². The van der Waals surface area contributed by atoms with Gasteiger partial charge in [0.2, 0.25) is 10.0 Å². The zero-order chi connectivity index (χ0) is 20.2. The number of hydrogen-bond acceptors (Lipinski definition) is 6. The zero-order valence-corrected chi connectivity index (χ0v) is 16.8. The van der Waals surface area contributed by atoms with Crippen LogP contribution in [0.1, 0.15) is 28.9 Å². The van der Waals surface area contributed by atoms with Crippen LogP contribution in [-0.2, 0) is 14.8 Å². The maximum absolute atomic E-state index is 12.8. The average Bonchev–Trinajstić information content (AvgIpc) is 2.66. The number of benzene rings is 2. The van der Waals surface area contributed by atoms with E-state index in [1.807, 2.05) is 0 Å². The maximum Gasteiger partial charge on any atom is 0.337 e. The third-order valence-electron chi connectivity index (χ3n) is 3.88. The second kappa shape index (κ2) is 8.60. The van der Waals surface area contributed by atoms with E-state index in [4.69, 9.17) is 21.1 Å². The summed E-state index contributed by atoms with van der Waals surface area (Å²) in [5.41, 5.74) is 0.662. The van der Waals surface area contributed by atoms with Gasteiger partial charge in [0.15, 0.2) is 0 Å². The van der Waals surface area contributed by atoms with Crippen molar-refractivity contribution in [2.24, 2.45) is 0 Å². The molecule has 7 nitrogen and oxygen atoms in total. The minimum atomic E-state index is -4.03. The Labute approximate surface area is 163 Å². The summed E-state index contributed by atoms with van der Waals surface area (Å²) in [5, 5.41) is -0.0139. The summed E-state index contributed by atoms with van der Waals surface area (Å²) in [6, 6.07) is 8.31. The van der Waals surface area contributed by atoms with Gasteiger partial charge in [0.25, 0.3) is 0 Å². The molecule has 0 heterocycles. The van der Waals surface area contributed by atoms with Crippen LogP contribution in [0, 0.1) is 0 Å². The first-order valence-electron chi connectivity index (χ1n) is 7.85. The van der Waals surface area contributed by atoms with Crippen molar-refractivity contribution >= 4 is 27.6 Å². The molecule has 2 aromatic rings. The summed E-state index contributed by atoms with van der Waals surface area (Å²) in [6.45, 7) is 1.66. The van der Waals surface area contributed by atoms with Crippen LogP contribution in [0.2, 0.25) is 5.02 Å². The molecule has 0 aliphatic rings. The van der Waals surface area contributed by atoms with Crippen molar-refractivity contribution in [2.45, 2.75) is 17.9 Å². The van der Waals surface area contributed by atoms with Gasteiger partial charge in [-0.2, -0.15) is 0 Å². The Morgan fingerprint density at radius 2 is 1.78 bits per heavy atom. The van der Waals surface area contributed by atoms with E-state index >= 15 is 0 Å². The predicted octanol–water partition coefficient (Wildman–Crippen LogP) is 3.18. The van der Waals surface area contributed by atoms with Crippen molar-refractivity contribution in [3.05, 3.63) is 52.5 Å². The van der Waals surface area contributed by atoms with Gasteiger partial charge in [-0.25, -0.2) is 17.9 Å². The summed E-state index contributed by atoms with van der Waals surface area (Å²) in [5.74, 6) is 0.397. The van der Waals surface area contributed by atoms with Crippen molar-refractivity contribution < 1.29 is 27.4 Å². The van der Waals surface area contributed by atoms with Gasteiger partial charge in [0.05, 0.1) is 31.9 Å². The molecule has 0 bridgehead atoms. The number of carbonyl (C=O) groups is 1. The minimum absolute atomic E-state index is 0.0139. The quantitative estimate of drug-likeness (QED) is 0.701. The number of carbonyl (C=O) groups excluding carboxylic acids is 1. The Kier molecular flexibility index (Phi) is 6.69. The molecule has 2 rings (SSSR count). The van der Waals surface area contributed by atoms with Gasteiger partial charge in [-0.05, 0) is 43.3 Å². The molecule has 9 heteroatoms. The summed E-state index contributed by atoms with van der Waals surface area (Å²) in [6.07, 6.45) is 0. The molecule has 0 spiro atoms. The Bertz CT molecular complexity index is 945. The van der Waals surface area contributed by atoms with E-state index in [1.54, 1.807) is 25.1 Å². The number of ether oxygens (including phenoxy) is 3. The molecule has 0 aliphatic carbocycles. The van der Waals surface area contributed by atoms with Crippen molar-refractivity contribution in [1.29, 1.82) is 0 Å². The predicted molar refractivity (Wildman–Crippen MR) is 101 cm³/mol. The van der Waals surface area contributed by atoms with Crippen LogP contribution in [0.15, 0.2) is 41.3 Å². The lowest BCUT2D eigenvalue weighted by Gasteiger charge is -2.19. The first-order valence-corrected chi connectivity index (χ1v) is 9.71. The SMILES string of the molecule is COC(=O)c1ccc(Cl)c(S(=O)(=O)N[C@H](C)c2cc(OC)ccc2OC)c1. The van der Waals surface area contributed by atoms with Gasteiger partial charge in [-0.1, -0.05) is 11.6 Å². The van der Waals surface area contributed by atoms with Gasteiger partial charge in [0.1, 0.15) is 16.4 Å². The fourth-order valence-corrected chi connectivity index (χ4v) is 4.24. The van der Waals surface area contributed by atoms with Crippen LogP contribution >= 0.6 is 11.6 Å². The first kappa shape index (κ1) is 21.0. The molecule has 1 N–H and O–H groups in total. The molecule has 0 amide bonds. The summed E-state index contributed by atoms with van der Waals surface area (Å²) in [4.78, 5) is 11.5. The highest BCUT2D eigenvalue weighted by atomic mass is 35.5. The highest BCUT2D eigenvalue weighted by molar-refractivity contribution is 7.89. The summed E-state index contributed by atoms with van der Waals surface area (Å²) in [7, 11) is 0.177. The first-order chi connectivity index (χ1) is 12.7. The van der Waals surface area contributed by atoms with Crippen LogP contribution in [0.25, 0.3) is 0 Å². The van der Waals surface area contributed by atoms with E-state index in [1.165, 1.54) is 39.5 Å². The summed E-state index contributed by atoms with van der Waals surface area (Å²) < 4.78 is 43.3. The minimum Gasteiger partial charge on any atom is -0.497 e. The molecule has 27 heavy (non-hydrogen) atoms. The number of nitrogens with one attached hydrogen (secondary N) is 1. The van der Waals surface area contributed by atoms with Crippen LogP contribution in [0.5, 0.6) is 11.5 Å². The van der Waals surface area contributed by atoms with E-state index in [0.717, 1.165) is 0 Å². The molecular formula is C18H20ClNO6S. The lowest BCUT2D eigenvalue weighted by molar-refractivity contribution is 0.0600. The van der Waals surface area contributed by atoms with Crippen LogP contribution in [0.3, 0.4) is 0 Å². The van der Waals surface area contributed by atoms with E-state index in [0.29, 0.717) is 17.1 Å². The average molecular weight is 414 g/mol. The van der Waals surface area contributed by atoms with Gasteiger partial charge >= 0.3 is 5.97 Å². The Balaban J connectivity index is 2.40. The Hall–Kier alpha value is -2.29. The molecule has 1 atom stereocenters. The van der Waals surface area contributed by atoms with E-state index in [-0.39, 0.29) is 15.5 Å². The smallest absolute Gasteiger partial charge is 0.337 e. The van der Waals surface area contributed by atoms with Crippen molar-refractivity contribution in [2.75, 3.05) is 21.3 Å². The second-order valence-corrected chi connectivity index (χ2v) is 7.68. The topological polar surface area (TPSA) is 90.9 Å². The molecule has 0 aliphatic heterocycles. The highest BCUT2D eigenvalue weighted by Gasteiger charge is 2.24. The zero-order valence-electron chi connectivity index (χ0n) is 15.3. The largest absolute Gasteiger partial charge is 0.497 e. The van der Waals surface area contributed by atoms with Gasteiger partial charge < -0.3 is 14.2 Å². The molecule has 0 saturated carbocycles. The number of hydrogen-bond donors (Lipinski definition) is 1.